The molecule has 0 aliphatic carbocycles. The number of rotatable bonds is 4. The van der Waals surface area contributed by atoms with Gasteiger partial charge in [0.05, 0.1) is 5.92 Å². The molecule has 0 radical (unpaired) electrons. The van der Waals surface area contributed by atoms with Gasteiger partial charge in [-0.15, -0.1) is 0 Å². The summed E-state index contributed by atoms with van der Waals surface area (Å²) in [5.74, 6) is -0.876. The number of carboxylic acid groups (broad SMARTS) is 1. The van der Waals surface area contributed by atoms with Crippen LogP contribution in [0, 0.1) is 5.92 Å². The minimum absolute atomic E-state index is 0.173. The van der Waals surface area contributed by atoms with Gasteiger partial charge >= 0.3 is 5.97 Å². The van der Waals surface area contributed by atoms with Crippen molar-refractivity contribution in [2.24, 2.45) is 5.92 Å². The molecule has 0 saturated carbocycles. The highest BCUT2D eigenvalue weighted by molar-refractivity contribution is 5.71. The molecule has 1 saturated heterocycles. The van der Waals surface area contributed by atoms with Crippen LogP contribution in [0.5, 0.6) is 0 Å². The number of aliphatic hydroxyl groups is 1. The zero-order valence-electron chi connectivity index (χ0n) is 6.36. The molecule has 1 aliphatic rings. The second kappa shape index (κ2) is 3.69. The molecule has 0 aromatic carbocycles. The van der Waals surface area contributed by atoms with Crippen molar-refractivity contribution in [2.45, 2.75) is 6.42 Å². The lowest BCUT2D eigenvalue weighted by Crippen LogP contribution is -2.50. The average Bonchev–Trinajstić information content (AvgIpc) is 1.84. The van der Waals surface area contributed by atoms with Gasteiger partial charge in [0.25, 0.3) is 0 Å². The molecule has 4 nitrogen and oxygen atoms in total. The van der Waals surface area contributed by atoms with E-state index in [4.69, 9.17) is 10.2 Å². The standard InChI is InChI=1S/C7H13NO3/c9-3-1-2-8-4-6(5-8)7(10)11/h6,9H,1-5H2,(H,10,11). The lowest BCUT2D eigenvalue weighted by Gasteiger charge is -2.36. The second-order valence-electron chi connectivity index (χ2n) is 2.87. The minimum Gasteiger partial charge on any atom is -0.481 e. The Balaban J connectivity index is 2.05. The van der Waals surface area contributed by atoms with Gasteiger partial charge in [0.1, 0.15) is 0 Å². The maximum Gasteiger partial charge on any atom is 0.309 e. The average molecular weight is 159 g/mol. The molecule has 0 aromatic heterocycles. The van der Waals surface area contributed by atoms with Gasteiger partial charge in [-0.2, -0.15) is 0 Å². The number of carboxylic acids is 1. The Bertz CT molecular complexity index is 143. The summed E-state index contributed by atoms with van der Waals surface area (Å²) >= 11 is 0. The summed E-state index contributed by atoms with van der Waals surface area (Å²) in [6, 6.07) is 0. The number of carbonyl (C=O) groups is 1. The molecule has 1 fully saturated rings. The highest BCUT2D eigenvalue weighted by Crippen LogP contribution is 2.14. The Morgan fingerprint density at radius 3 is 2.64 bits per heavy atom. The van der Waals surface area contributed by atoms with E-state index in [-0.39, 0.29) is 12.5 Å². The van der Waals surface area contributed by atoms with Crippen molar-refractivity contribution in [3.8, 4) is 0 Å². The highest BCUT2D eigenvalue weighted by atomic mass is 16.4. The first-order chi connectivity index (χ1) is 5.24. The van der Waals surface area contributed by atoms with Crippen LogP contribution in [-0.4, -0.2) is 47.3 Å². The number of aliphatic carboxylic acids is 1. The molecule has 1 heterocycles. The Labute approximate surface area is 65.4 Å². The molecule has 4 heteroatoms. The van der Waals surface area contributed by atoms with Gasteiger partial charge in [0.15, 0.2) is 0 Å². The minimum atomic E-state index is -0.703. The second-order valence-corrected chi connectivity index (χ2v) is 2.87. The van der Waals surface area contributed by atoms with E-state index in [0.29, 0.717) is 13.1 Å². The zero-order valence-corrected chi connectivity index (χ0v) is 6.36. The van der Waals surface area contributed by atoms with Gasteiger partial charge in [-0.25, -0.2) is 0 Å². The molecular weight excluding hydrogens is 146 g/mol. The smallest absolute Gasteiger partial charge is 0.309 e. The Kier molecular flexibility index (Phi) is 2.84. The molecule has 11 heavy (non-hydrogen) atoms. The van der Waals surface area contributed by atoms with Crippen molar-refractivity contribution in [1.82, 2.24) is 4.90 Å². The molecule has 0 atom stereocenters. The molecule has 0 bridgehead atoms. The summed E-state index contributed by atoms with van der Waals surface area (Å²) in [4.78, 5) is 12.4. The van der Waals surface area contributed by atoms with Crippen molar-refractivity contribution in [1.29, 1.82) is 0 Å². The SMILES string of the molecule is O=C(O)C1CN(CCCO)C1. The maximum absolute atomic E-state index is 10.3. The van der Waals surface area contributed by atoms with Crippen LogP contribution in [0.15, 0.2) is 0 Å². The Morgan fingerprint density at radius 1 is 1.55 bits per heavy atom. The van der Waals surface area contributed by atoms with Crippen molar-refractivity contribution < 1.29 is 15.0 Å². The van der Waals surface area contributed by atoms with Crippen molar-refractivity contribution >= 4 is 5.97 Å². The molecule has 0 spiro atoms. The molecular formula is C7H13NO3. The van der Waals surface area contributed by atoms with Crippen LogP contribution < -0.4 is 0 Å². The van der Waals surface area contributed by atoms with E-state index in [1.54, 1.807) is 0 Å². The maximum atomic E-state index is 10.3. The molecule has 2 N–H and O–H groups in total. The first-order valence-electron chi connectivity index (χ1n) is 3.80. The zero-order chi connectivity index (χ0) is 8.27. The number of nitrogens with zero attached hydrogens (tertiary/aromatic N) is 1. The lowest BCUT2D eigenvalue weighted by atomic mass is 10.0. The predicted octanol–water partition coefficient (Wildman–Crippen LogP) is -0.615. The molecule has 0 amide bonds. The van der Waals surface area contributed by atoms with Crippen molar-refractivity contribution in [2.75, 3.05) is 26.2 Å². The van der Waals surface area contributed by atoms with Gasteiger partial charge in [-0.3, -0.25) is 4.79 Å². The van der Waals surface area contributed by atoms with E-state index in [1.165, 1.54) is 0 Å². The van der Waals surface area contributed by atoms with E-state index >= 15 is 0 Å². The normalized spacial score (nSPS) is 19.7. The fourth-order valence-electron chi connectivity index (χ4n) is 1.20. The Hall–Kier alpha value is -0.610. The summed E-state index contributed by atoms with van der Waals surface area (Å²) in [5.41, 5.74) is 0. The van der Waals surface area contributed by atoms with E-state index in [0.717, 1.165) is 13.0 Å². The monoisotopic (exact) mass is 159 g/mol. The third-order valence-electron chi connectivity index (χ3n) is 1.94. The van der Waals surface area contributed by atoms with E-state index in [2.05, 4.69) is 0 Å². The largest absolute Gasteiger partial charge is 0.481 e. The quantitative estimate of drug-likeness (QED) is 0.574. The third kappa shape index (κ3) is 2.17. The van der Waals surface area contributed by atoms with Gasteiger partial charge in [-0.1, -0.05) is 0 Å². The Morgan fingerprint density at radius 2 is 2.18 bits per heavy atom. The van der Waals surface area contributed by atoms with E-state index < -0.39 is 5.97 Å². The fraction of sp³-hybridized carbons (Fsp3) is 0.857. The first kappa shape index (κ1) is 8.49. The van der Waals surface area contributed by atoms with Crippen LogP contribution in [-0.2, 0) is 4.79 Å². The van der Waals surface area contributed by atoms with Gasteiger partial charge in [0, 0.05) is 26.2 Å². The first-order valence-corrected chi connectivity index (χ1v) is 3.80. The summed E-state index contributed by atoms with van der Waals surface area (Å²) in [6.45, 7) is 2.30. The summed E-state index contributed by atoms with van der Waals surface area (Å²) in [6.07, 6.45) is 0.742. The summed E-state index contributed by atoms with van der Waals surface area (Å²) < 4.78 is 0. The lowest BCUT2D eigenvalue weighted by molar-refractivity contribution is -0.147. The molecule has 1 aliphatic heterocycles. The fourth-order valence-corrected chi connectivity index (χ4v) is 1.20. The molecule has 0 unspecified atom stereocenters. The summed E-state index contributed by atoms with van der Waals surface area (Å²) in [7, 11) is 0. The molecule has 64 valence electrons. The number of likely N-dealkylation sites (tertiary alicyclic amines) is 1. The molecule has 1 rings (SSSR count). The van der Waals surface area contributed by atoms with Crippen molar-refractivity contribution in [3.05, 3.63) is 0 Å². The van der Waals surface area contributed by atoms with Gasteiger partial charge in [0.2, 0.25) is 0 Å². The number of hydrogen-bond donors (Lipinski definition) is 2. The van der Waals surface area contributed by atoms with Crippen LogP contribution >= 0.6 is 0 Å². The van der Waals surface area contributed by atoms with E-state index in [1.807, 2.05) is 4.90 Å². The summed E-state index contributed by atoms with van der Waals surface area (Å²) in [5, 5.41) is 17.0. The van der Waals surface area contributed by atoms with Crippen LogP contribution in [0.4, 0.5) is 0 Å². The van der Waals surface area contributed by atoms with Crippen LogP contribution in [0.1, 0.15) is 6.42 Å². The van der Waals surface area contributed by atoms with Crippen LogP contribution in [0.3, 0.4) is 0 Å². The van der Waals surface area contributed by atoms with Crippen LogP contribution in [0.25, 0.3) is 0 Å². The van der Waals surface area contributed by atoms with Crippen molar-refractivity contribution in [3.63, 3.8) is 0 Å². The number of aliphatic hydroxyl groups excluding tert-OH is 1. The highest BCUT2D eigenvalue weighted by Gasteiger charge is 2.31. The van der Waals surface area contributed by atoms with Gasteiger partial charge in [-0.05, 0) is 6.42 Å². The predicted molar refractivity (Wildman–Crippen MR) is 39.3 cm³/mol. The number of hydrogen-bond acceptors (Lipinski definition) is 3. The van der Waals surface area contributed by atoms with E-state index in [9.17, 15) is 4.79 Å². The van der Waals surface area contributed by atoms with Gasteiger partial charge < -0.3 is 15.1 Å². The topological polar surface area (TPSA) is 60.8 Å². The third-order valence-corrected chi connectivity index (χ3v) is 1.94. The van der Waals surface area contributed by atoms with Crippen LogP contribution in [0.2, 0.25) is 0 Å². The molecule has 0 aromatic rings.